The minimum absolute atomic E-state index is 0. The topological polar surface area (TPSA) is 51.5 Å². The molecule has 2 fully saturated rings. The molecular weight excluding hydrogens is 290 g/mol. The molecule has 2 aliphatic rings. The molecule has 1 aliphatic carbocycles. The van der Waals surface area contributed by atoms with E-state index in [1.165, 1.54) is 11.9 Å². The Labute approximate surface area is 151 Å². The van der Waals surface area contributed by atoms with Gasteiger partial charge in [-0.05, 0) is 44.2 Å². The molecular formula is C12H17N2O2Rb. The molecule has 0 aromatic rings. The van der Waals surface area contributed by atoms with Crippen molar-refractivity contribution in [2.24, 2.45) is 5.92 Å². The van der Waals surface area contributed by atoms with Crippen molar-refractivity contribution < 1.29 is 67.8 Å². The van der Waals surface area contributed by atoms with E-state index in [-0.39, 0.29) is 76.1 Å². The van der Waals surface area contributed by atoms with Crippen LogP contribution in [0.25, 0.3) is 5.32 Å². The molecule has 88 valence electrons. The molecule has 17 heavy (non-hydrogen) atoms. The van der Waals surface area contributed by atoms with Crippen LogP contribution >= 0.6 is 0 Å². The molecule has 1 heterocycles. The van der Waals surface area contributed by atoms with Crippen LogP contribution in [-0.4, -0.2) is 29.9 Å². The van der Waals surface area contributed by atoms with Gasteiger partial charge < -0.3 is 10.2 Å². The largest absolute Gasteiger partial charge is 1.00 e. The van der Waals surface area contributed by atoms with Gasteiger partial charge in [0.05, 0.1) is 0 Å². The fourth-order valence-electron chi connectivity index (χ4n) is 2.95. The number of hydrogen-bond donors (Lipinski definition) is 0. The van der Waals surface area contributed by atoms with Gasteiger partial charge in [0, 0.05) is 0 Å². The number of rotatable bonds is 0. The standard InChI is InChI=1S/C12H18N2O2.Rb/c1-7(2)10-8-5-4-6-9(8)14(11(10)15)12(16)13-3;/h8-9H,4-6H2,1-3H3,(H,13,16);/q;+1/p-1. The Bertz CT molecular complexity index is 375. The second kappa shape index (κ2) is 6.09. The number of carbonyl (C=O) groups is 2. The van der Waals surface area contributed by atoms with E-state index in [9.17, 15) is 9.59 Å². The third kappa shape index (κ3) is 2.60. The van der Waals surface area contributed by atoms with Crippen LogP contribution in [0.3, 0.4) is 0 Å². The van der Waals surface area contributed by atoms with E-state index in [0.717, 1.165) is 30.4 Å². The Kier molecular flexibility index (Phi) is 5.56. The summed E-state index contributed by atoms with van der Waals surface area (Å²) in [6, 6.07) is -0.327. The third-order valence-corrected chi connectivity index (χ3v) is 3.57. The number of nitrogens with zero attached hydrogens (tertiary/aromatic N) is 2. The first-order valence-corrected chi connectivity index (χ1v) is 5.72. The number of imide groups is 1. The molecule has 2 rings (SSSR count). The number of allylic oxidation sites excluding steroid dienone is 1. The van der Waals surface area contributed by atoms with Gasteiger partial charge in [-0.3, -0.25) is 9.59 Å². The average Bonchev–Trinajstić information content (AvgIpc) is 2.75. The number of fused-ring (bicyclic) bond motifs is 1. The van der Waals surface area contributed by atoms with Crippen LogP contribution in [0.4, 0.5) is 4.79 Å². The van der Waals surface area contributed by atoms with E-state index in [1.807, 2.05) is 13.8 Å². The first-order chi connectivity index (χ1) is 7.57. The van der Waals surface area contributed by atoms with Gasteiger partial charge in [0.2, 0.25) is 0 Å². The van der Waals surface area contributed by atoms with Crippen molar-refractivity contribution in [3.05, 3.63) is 16.5 Å². The van der Waals surface area contributed by atoms with Crippen molar-refractivity contribution in [3.8, 4) is 0 Å². The van der Waals surface area contributed by atoms with E-state index in [2.05, 4.69) is 5.32 Å². The number of carbonyl (C=O) groups excluding carboxylic acids is 2. The summed E-state index contributed by atoms with van der Waals surface area (Å²) in [5.74, 6) is 0.133. The van der Waals surface area contributed by atoms with E-state index >= 15 is 0 Å². The van der Waals surface area contributed by atoms with Crippen LogP contribution < -0.4 is 58.2 Å². The van der Waals surface area contributed by atoms with Crippen molar-refractivity contribution in [3.63, 3.8) is 0 Å². The van der Waals surface area contributed by atoms with E-state index in [4.69, 9.17) is 0 Å². The van der Waals surface area contributed by atoms with Crippen molar-refractivity contribution in [2.45, 2.75) is 39.2 Å². The van der Waals surface area contributed by atoms with Gasteiger partial charge in [-0.2, -0.15) is 0 Å². The van der Waals surface area contributed by atoms with Crippen LogP contribution in [-0.2, 0) is 4.79 Å². The van der Waals surface area contributed by atoms with E-state index < -0.39 is 6.03 Å². The van der Waals surface area contributed by atoms with Gasteiger partial charge in [0.25, 0.3) is 0 Å². The number of urea groups is 1. The first kappa shape index (κ1) is 15.5. The normalized spacial score (nSPS) is 26.6. The summed E-state index contributed by atoms with van der Waals surface area (Å²) in [6.07, 6.45) is 3.03. The zero-order valence-electron chi connectivity index (χ0n) is 11.0. The van der Waals surface area contributed by atoms with Crippen molar-refractivity contribution in [2.75, 3.05) is 7.05 Å². The van der Waals surface area contributed by atoms with Gasteiger partial charge in [-0.1, -0.05) is 19.0 Å². The Balaban J connectivity index is 0.00000144. The van der Waals surface area contributed by atoms with Crippen LogP contribution in [0.1, 0.15) is 33.1 Å². The molecule has 3 amide bonds. The number of amides is 3. The molecule has 0 spiro atoms. The maximum absolute atomic E-state index is 12.1. The third-order valence-electron chi connectivity index (χ3n) is 3.57. The fraction of sp³-hybridized carbons (Fsp3) is 0.667. The summed E-state index contributed by atoms with van der Waals surface area (Å²) in [7, 11) is 1.44. The smallest absolute Gasteiger partial charge is 0.434 e. The van der Waals surface area contributed by atoms with Gasteiger partial charge >= 0.3 is 58.2 Å². The van der Waals surface area contributed by atoms with Crippen LogP contribution in [0.15, 0.2) is 11.1 Å². The Morgan fingerprint density at radius 3 is 2.53 bits per heavy atom. The quantitative estimate of drug-likeness (QED) is 0.565. The zero-order valence-corrected chi connectivity index (χ0v) is 15.9. The van der Waals surface area contributed by atoms with Crippen molar-refractivity contribution >= 4 is 11.9 Å². The predicted octanol–water partition coefficient (Wildman–Crippen LogP) is -0.539. The first-order valence-electron chi connectivity index (χ1n) is 5.72. The SMILES string of the molecule is C[N-]C(=O)N1C(=O)C(=C(C)C)C2CCCC21.[Rb+]. The molecule has 1 saturated heterocycles. The minimum Gasteiger partial charge on any atom is -0.434 e. The molecule has 0 aromatic heterocycles. The van der Waals surface area contributed by atoms with Crippen molar-refractivity contribution in [1.82, 2.24) is 4.90 Å². The second-order valence-corrected chi connectivity index (χ2v) is 4.70. The summed E-state index contributed by atoms with van der Waals surface area (Å²) in [5.41, 5.74) is 1.88. The molecule has 2 atom stereocenters. The summed E-state index contributed by atoms with van der Waals surface area (Å²) < 4.78 is 0. The van der Waals surface area contributed by atoms with Gasteiger partial charge in [0.15, 0.2) is 11.9 Å². The monoisotopic (exact) mass is 306 g/mol. The Morgan fingerprint density at radius 2 is 2.00 bits per heavy atom. The van der Waals surface area contributed by atoms with Crippen LogP contribution in [0, 0.1) is 5.92 Å². The van der Waals surface area contributed by atoms with Crippen molar-refractivity contribution in [1.29, 1.82) is 0 Å². The molecule has 0 bridgehead atoms. The van der Waals surface area contributed by atoms with E-state index in [1.54, 1.807) is 0 Å². The molecule has 5 heteroatoms. The van der Waals surface area contributed by atoms with Gasteiger partial charge in [0.1, 0.15) is 0 Å². The maximum Gasteiger partial charge on any atom is 1.00 e. The second-order valence-electron chi connectivity index (χ2n) is 4.70. The predicted molar refractivity (Wildman–Crippen MR) is 61.0 cm³/mol. The zero-order chi connectivity index (χ0) is 11.9. The molecule has 1 aliphatic heterocycles. The van der Waals surface area contributed by atoms with E-state index in [0.29, 0.717) is 0 Å². The molecule has 0 N–H and O–H groups in total. The average molecular weight is 307 g/mol. The fourth-order valence-corrected chi connectivity index (χ4v) is 2.95. The minimum atomic E-state index is -0.391. The summed E-state index contributed by atoms with van der Waals surface area (Å²) in [5, 5.41) is 3.62. The summed E-state index contributed by atoms with van der Waals surface area (Å²) in [6.45, 7) is 3.89. The van der Waals surface area contributed by atoms with Crippen LogP contribution in [0.5, 0.6) is 0 Å². The molecule has 0 radical (unpaired) electrons. The van der Waals surface area contributed by atoms with Gasteiger partial charge in [-0.15, -0.1) is 0 Å². The Morgan fingerprint density at radius 1 is 1.35 bits per heavy atom. The summed E-state index contributed by atoms with van der Waals surface area (Å²) >= 11 is 0. The maximum atomic E-state index is 12.1. The molecule has 1 saturated carbocycles. The van der Waals surface area contributed by atoms with Gasteiger partial charge in [-0.25, -0.2) is 0 Å². The number of likely N-dealkylation sites (tertiary alicyclic amines) is 1. The Hall–Kier alpha value is 0.485. The molecule has 2 unspecified atom stereocenters. The van der Waals surface area contributed by atoms with Crippen LogP contribution in [0.2, 0.25) is 0 Å². The molecule has 4 nitrogen and oxygen atoms in total. The summed E-state index contributed by atoms with van der Waals surface area (Å²) in [4.78, 5) is 25.2. The molecule has 0 aromatic carbocycles. The number of hydrogen-bond acceptors (Lipinski definition) is 2.